The van der Waals surface area contributed by atoms with Gasteiger partial charge in [0.05, 0.1) is 12.7 Å². The molecule has 3 rings (SSSR count). The van der Waals surface area contributed by atoms with E-state index in [1.54, 1.807) is 11.0 Å². The fourth-order valence-electron chi connectivity index (χ4n) is 5.00. The largest absolute Gasteiger partial charge is 0.465 e. The molecule has 0 N–H and O–H groups in total. The molecule has 0 unspecified atom stereocenters. The van der Waals surface area contributed by atoms with Gasteiger partial charge in [0, 0.05) is 25.6 Å². The van der Waals surface area contributed by atoms with Crippen molar-refractivity contribution >= 4 is 11.9 Å². The number of esters is 1. The topological polar surface area (TPSA) is 49.9 Å². The van der Waals surface area contributed by atoms with Crippen LogP contribution in [0, 0.1) is 5.41 Å². The molecule has 0 saturated heterocycles. The van der Waals surface area contributed by atoms with E-state index in [0.29, 0.717) is 18.5 Å². The lowest BCUT2D eigenvalue weighted by Gasteiger charge is -2.49. The second-order valence-electron chi connectivity index (χ2n) is 9.68. The van der Waals surface area contributed by atoms with Crippen LogP contribution in [0.2, 0.25) is 0 Å². The highest BCUT2D eigenvalue weighted by Crippen LogP contribution is 2.49. The van der Waals surface area contributed by atoms with E-state index >= 15 is 0 Å². The van der Waals surface area contributed by atoms with Crippen molar-refractivity contribution < 1.29 is 14.3 Å². The third-order valence-electron chi connectivity index (χ3n) is 7.29. The molecule has 1 amide bonds. The van der Waals surface area contributed by atoms with Gasteiger partial charge < -0.3 is 9.64 Å². The van der Waals surface area contributed by atoms with Gasteiger partial charge in [-0.2, -0.15) is 0 Å². The first kappa shape index (κ1) is 24.0. The van der Waals surface area contributed by atoms with Gasteiger partial charge in [0.25, 0.3) is 0 Å². The number of carbonyl (C=O) groups is 2. The summed E-state index contributed by atoms with van der Waals surface area (Å²) in [5.41, 5.74) is 2.67. The Hall–Kier alpha value is -2.66. The zero-order valence-corrected chi connectivity index (χ0v) is 20.1. The van der Waals surface area contributed by atoms with Crippen LogP contribution < -0.4 is 0 Å². The molecule has 5 nitrogen and oxygen atoms in total. The number of hydrogen-bond acceptors (Lipinski definition) is 4. The van der Waals surface area contributed by atoms with E-state index in [-0.39, 0.29) is 22.8 Å². The van der Waals surface area contributed by atoms with E-state index in [0.717, 1.165) is 31.2 Å². The summed E-state index contributed by atoms with van der Waals surface area (Å²) in [4.78, 5) is 29.3. The quantitative estimate of drug-likeness (QED) is 0.582. The van der Waals surface area contributed by atoms with Crippen LogP contribution in [0.15, 0.2) is 54.6 Å². The molecule has 0 bridgehead atoms. The van der Waals surface area contributed by atoms with Crippen molar-refractivity contribution in [2.45, 2.75) is 51.1 Å². The summed E-state index contributed by atoms with van der Waals surface area (Å²) < 4.78 is 4.89. The molecule has 1 aliphatic carbocycles. The SMILES string of the molecule is COC(=O)c1ccccc1CN(C)C(=O)CC1(C)CCC(c2ccccc2)(N(C)C)CC1. The van der Waals surface area contributed by atoms with Crippen LogP contribution in [0.25, 0.3) is 0 Å². The van der Waals surface area contributed by atoms with Gasteiger partial charge in [-0.05, 0) is 62.4 Å². The minimum absolute atomic E-state index is 0.0230. The first-order chi connectivity index (χ1) is 15.2. The lowest BCUT2D eigenvalue weighted by Crippen LogP contribution is -2.47. The number of benzene rings is 2. The van der Waals surface area contributed by atoms with Crippen molar-refractivity contribution in [1.29, 1.82) is 0 Å². The number of rotatable bonds is 7. The van der Waals surface area contributed by atoms with E-state index in [9.17, 15) is 9.59 Å². The first-order valence-electron chi connectivity index (χ1n) is 11.3. The Balaban J connectivity index is 1.67. The van der Waals surface area contributed by atoms with Crippen molar-refractivity contribution in [3.8, 4) is 0 Å². The van der Waals surface area contributed by atoms with Crippen molar-refractivity contribution in [3.63, 3.8) is 0 Å². The third kappa shape index (κ3) is 5.04. The molecule has 0 atom stereocenters. The van der Waals surface area contributed by atoms with Crippen molar-refractivity contribution in [2.24, 2.45) is 5.41 Å². The van der Waals surface area contributed by atoms with Gasteiger partial charge in [-0.15, -0.1) is 0 Å². The summed E-state index contributed by atoms with van der Waals surface area (Å²) in [6.07, 6.45) is 4.57. The van der Waals surface area contributed by atoms with Gasteiger partial charge in [0.1, 0.15) is 0 Å². The van der Waals surface area contributed by atoms with Gasteiger partial charge in [-0.1, -0.05) is 55.5 Å². The lowest BCUT2D eigenvalue weighted by molar-refractivity contribution is -0.133. The normalized spacial score (nSPS) is 23.1. The highest BCUT2D eigenvalue weighted by molar-refractivity contribution is 5.91. The molecule has 0 heterocycles. The molecule has 32 heavy (non-hydrogen) atoms. The zero-order valence-electron chi connectivity index (χ0n) is 20.1. The van der Waals surface area contributed by atoms with E-state index < -0.39 is 0 Å². The zero-order chi connectivity index (χ0) is 23.4. The molecular formula is C27H36N2O3. The molecule has 1 saturated carbocycles. The molecule has 0 spiro atoms. The lowest BCUT2D eigenvalue weighted by atomic mass is 9.64. The van der Waals surface area contributed by atoms with Crippen molar-refractivity contribution in [3.05, 3.63) is 71.3 Å². The standard InChI is InChI=1S/C27H36N2O3/c1-26(15-17-27(18-16-26,28(2)3)22-12-7-6-8-13-22)19-24(30)29(4)20-21-11-9-10-14-23(21)25(31)32-5/h6-14H,15-20H2,1-5H3. The summed E-state index contributed by atoms with van der Waals surface area (Å²) in [5.74, 6) is -0.258. The first-order valence-corrected chi connectivity index (χ1v) is 11.3. The molecule has 2 aromatic rings. The summed E-state index contributed by atoms with van der Waals surface area (Å²) >= 11 is 0. The van der Waals surface area contributed by atoms with Crippen LogP contribution in [0.5, 0.6) is 0 Å². The molecule has 1 aliphatic rings. The number of hydrogen-bond donors (Lipinski definition) is 0. The molecular weight excluding hydrogens is 400 g/mol. The minimum Gasteiger partial charge on any atom is -0.465 e. The summed E-state index contributed by atoms with van der Waals surface area (Å²) in [5, 5.41) is 0. The smallest absolute Gasteiger partial charge is 0.338 e. The van der Waals surface area contributed by atoms with Crippen LogP contribution >= 0.6 is 0 Å². The van der Waals surface area contributed by atoms with E-state index in [2.05, 4.69) is 56.3 Å². The number of amides is 1. The predicted octanol–water partition coefficient (Wildman–Crippen LogP) is 4.86. The van der Waals surface area contributed by atoms with Crippen LogP contribution in [0.3, 0.4) is 0 Å². The maximum atomic E-state index is 13.1. The molecule has 2 aromatic carbocycles. The number of nitrogens with zero attached hydrogens (tertiary/aromatic N) is 2. The fraction of sp³-hybridized carbons (Fsp3) is 0.481. The van der Waals surface area contributed by atoms with Crippen LogP contribution in [0.4, 0.5) is 0 Å². The molecule has 172 valence electrons. The fourth-order valence-corrected chi connectivity index (χ4v) is 5.00. The van der Waals surface area contributed by atoms with Crippen molar-refractivity contribution in [1.82, 2.24) is 9.80 Å². The van der Waals surface area contributed by atoms with E-state index in [4.69, 9.17) is 4.74 Å². The average molecular weight is 437 g/mol. The molecule has 0 aromatic heterocycles. The highest BCUT2D eigenvalue weighted by Gasteiger charge is 2.43. The summed E-state index contributed by atoms with van der Waals surface area (Å²) in [7, 11) is 7.51. The highest BCUT2D eigenvalue weighted by atomic mass is 16.5. The van der Waals surface area contributed by atoms with Gasteiger partial charge in [-0.25, -0.2) is 4.79 Å². The average Bonchev–Trinajstić information content (AvgIpc) is 2.79. The van der Waals surface area contributed by atoms with Gasteiger partial charge >= 0.3 is 5.97 Å². The second kappa shape index (κ2) is 9.86. The van der Waals surface area contributed by atoms with Crippen molar-refractivity contribution in [2.75, 3.05) is 28.3 Å². The minimum atomic E-state index is -0.373. The maximum absolute atomic E-state index is 13.1. The Morgan fingerprint density at radius 1 is 0.906 bits per heavy atom. The Morgan fingerprint density at radius 2 is 1.50 bits per heavy atom. The summed E-state index contributed by atoms with van der Waals surface area (Å²) in [6, 6.07) is 18.0. The Bertz CT molecular complexity index is 931. The third-order valence-corrected chi connectivity index (χ3v) is 7.29. The monoisotopic (exact) mass is 436 g/mol. The molecule has 5 heteroatoms. The number of ether oxygens (including phenoxy) is 1. The maximum Gasteiger partial charge on any atom is 0.338 e. The van der Waals surface area contributed by atoms with Crippen LogP contribution in [0.1, 0.15) is 60.5 Å². The number of methoxy groups -OCH3 is 1. The van der Waals surface area contributed by atoms with E-state index in [1.807, 2.05) is 25.2 Å². The van der Waals surface area contributed by atoms with Gasteiger partial charge in [-0.3, -0.25) is 9.69 Å². The van der Waals surface area contributed by atoms with Crippen LogP contribution in [-0.4, -0.2) is 49.9 Å². The Morgan fingerprint density at radius 3 is 2.09 bits per heavy atom. The molecule has 1 fully saturated rings. The molecule has 0 aliphatic heterocycles. The molecule has 0 radical (unpaired) electrons. The van der Waals surface area contributed by atoms with Gasteiger partial charge in [0.2, 0.25) is 5.91 Å². The van der Waals surface area contributed by atoms with E-state index in [1.165, 1.54) is 12.7 Å². The predicted molar refractivity (Wildman–Crippen MR) is 127 cm³/mol. The summed E-state index contributed by atoms with van der Waals surface area (Å²) in [6.45, 7) is 2.64. The second-order valence-corrected chi connectivity index (χ2v) is 9.68. The van der Waals surface area contributed by atoms with Crippen LogP contribution in [-0.2, 0) is 21.6 Å². The Labute approximate surface area is 192 Å². The van der Waals surface area contributed by atoms with Gasteiger partial charge in [0.15, 0.2) is 0 Å². The Kier molecular flexibility index (Phi) is 7.40. The number of carbonyl (C=O) groups excluding carboxylic acids is 2.